The standard InChI is InChI=1S/C22H27N3O4/c1-24-17-11-25(16-9-12-4-5-13(16)8-12)21(26)19(17)20(23-22(24)27)15-10-14(28-2)6-7-18(15)29-3/h6-7,10,12-13,16,20H,4-5,8-9,11H2,1-3H3,(H,23,27). The van der Waals surface area contributed by atoms with E-state index >= 15 is 0 Å². The molecule has 1 aromatic rings. The molecular formula is C22H27N3O4. The van der Waals surface area contributed by atoms with Gasteiger partial charge in [-0.2, -0.15) is 0 Å². The third kappa shape index (κ3) is 2.70. The van der Waals surface area contributed by atoms with Crippen LogP contribution in [-0.4, -0.2) is 55.6 Å². The van der Waals surface area contributed by atoms with Crippen molar-refractivity contribution < 1.29 is 19.1 Å². The van der Waals surface area contributed by atoms with Crippen LogP contribution in [0.2, 0.25) is 0 Å². The van der Waals surface area contributed by atoms with Crippen molar-refractivity contribution in [3.63, 3.8) is 0 Å². The summed E-state index contributed by atoms with van der Waals surface area (Å²) in [4.78, 5) is 29.9. The van der Waals surface area contributed by atoms with E-state index in [-0.39, 0.29) is 11.9 Å². The second-order valence-electron chi connectivity index (χ2n) is 8.59. The van der Waals surface area contributed by atoms with E-state index in [1.54, 1.807) is 26.2 Å². The van der Waals surface area contributed by atoms with Crippen molar-refractivity contribution in [1.82, 2.24) is 15.1 Å². The minimum absolute atomic E-state index is 0.0410. The molecule has 154 valence electrons. The van der Waals surface area contributed by atoms with Gasteiger partial charge in [-0.05, 0) is 49.3 Å². The molecule has 0 spiro atoms. The fourth-order valence-electron chi connectivity index (χ4n) is 5.75. The molecule has 2 bridgehead atoms. The van der Waals surface area contributed by atoms with Crippen LogP contribution in [0.15, 0.2) is 29.5 Å². The molecule has 3 amide bonds. The van der Waals surface area contributed by atoms with Gasteiger partial charge in [0.05, 0.1) is 38.1 Å². The van der Waals surface area contributed by atoms with Crippen molar-refractivity contribution in [2.75, 3.05) is 27.8 Å². The quantitative estimate of drug-likeness (QED) is 0.848. The number of hydrogen-bond donors (Lipinski definition) is 1. The lowest BCUT2D eigenvalue weighted by Crippen LogP contribution is -2.45. The number of hydrogen-bond acceptors (Lipinski definition) is 4. The van der Waals surface area contributed by atoms with Crippen LogP contribution in [0.3, 0.4) is 0 Å². The van der Waals surface area contributed by atoms with Gasteiger partial charge >= 0.3 is 6.03 Å². The first kappa shape index (κ1) is 18.3. The summed E-state index contributed by atoms with van der Waals surface area (Å²) in [5, 5.41) is 3.00. The molecule has 5 rings (SSSR count). The van der Waals surface area contributed by atoms with E-state index in [0.29, 0.717) is 35.6 Å². The molecule has 2 heterocycles. The second kappa shape index (κ2) is 6.68. The molecule has 0 radical (unpaired) electrons. The number of amides is 3. The Morgan fingerprint density at radius 2 is 1.93 bits per heavy atom. The molecule has 29 heavy (non-hydrogen) atoms. The number of nitrogens with zero attached hydrogens (tertiary/aromatic N) is 2. The van der Waals surface area contributed by atoms with E-state index in [2.05, 4.69) is 5.32 Å². The number of urea groups is 1. The minimum atomic E-state index is -0.546. The molecule has 0 aromatic heterocycles. The normalized spacial score (nSPS) is 30.7. The predicted molar refractivity (Wildman–Crippen MR) is 107 cm³/mol. The van der Waals surface area contributed by atoms with Crippen LogP contribution in [0.25, 0.3) is 0 Å². The zero-order chi connectivity index (χ0) is 20.3. The van der Waals surface area contributed by atoms with Crippen LogP contribution < -0.4 is 14.8 Å². The van der Waals surface area contributed by atoms with Gasteiger partial charge in [-0.1, -0.05) is 6.42 Å². The van der Waals surface area contributed by atoms with Gasteiger partial charge in [-0.25, -0.2) is 4.79 Å². The van der Waals surface area contributed by atoms with E-state index in [4.69, 9.17) is 9.47 Å². The predicted octanol–water partition coefficient (Wildman–Crippen LogP) is 2.68. The molecule has 7 nitrogen and oxygen atoms in total. The van der Waals surface area contributed by atoms with Gasteiger partial charge in [0.1, 0.15) is 11.5 Å². The molecule has 0 saturated heterocycles. The molecule has 2 aliphatic heterocycles. The summed E-state index contributed by atoms with van der Waals surface area (Å²) in [7, 11) is 4.93. The Kier molecular flexibility index (Phi) is 4.22. The van der Waals surface area contributed by atoms with Crippen LogP contribution in [0.4, 0.5) is 4.79 Å². The monoisotopic (exact) mass is 397 g/mol. The zero-order valence-electron chi connectivity index (χ0n) is 17.1. The van der Waals surface area contributed by atoms with Crippen LogP contribution in [0.1, 0.15) is 37.3 Å². The SMILES string of the molecule is COc1ccc(OC)c(C2NC(=O)N(C)C3=C2C(=O)N(C2CC4CCC2C4)C3)c1. The summed E-state index contributed by atoms with van der Waals surface area (Å²) in [6, 6.07) is 5.00. The summed E-state index contributed by atoms with van der Waals surface area (Å²) < 4.78 is 10.9. The first-order valence-corrected chi connectivity index (χ1v) is 10.3. The van der Waals surface area contributed by atoms with Crippen molar-refractivity contribution in [2.24, 2.45) is 11.8 Å². The maximum absolute atomic E-state index is 13.6. The van der Waals surface area contributed by atoms with Crippen LogP contribution >= 0.6 is 0 Å². The number of likely N-dealkylation sites (N-methyl/N-ethyl adjacent to an activating group) is 1. The van der Waals surface area contributed by atoms with Gasteiger partial charge in [0.2, 0.25) is 0 Å². The molecule has 4 unspecified atom stereocenters. The number of carbonyl (C=O) groups excluding carboxylic acids is 2. The van der Waals surface area contributed by atoms with E-state index in [0.717, 1.165) is 23.6 Å². The van der Waals surface area contributed by atoms with Crippen molar-refractivity contribution in [2.45, 2.75) is 37.8 Å². The molecule has 2 fully saturated rings. The Morgan fingerprint density at radius 3 is 2.59 bits per heavy atom. The minimum Gasteiger partial charge on any atom is -0.497 e. The van der Waals surface area contributed by atoms with E-state index in [1.165, 1.54) is 19.3 Å². The Labute approximate surface area is 170 Å². The number of methoxy groups -OCH3 is 2. The number of rotatable bonds is 4. The lowest BCUT2D eigenvalue weighted by atomic mass is 9.93. The molecule has 7 heteroatoms. The smallest absolute Gasteiger partial charge is 0.322 e. The summed E-state index contributed by atoms with van der Waals surface area (Å²) >= 11 is 0. The molecule has 2 saturated carbocycles. The first-order chi connectivity index (χ1) is 14.0. The lowest BCUT2D eigenvalue weighted by molar-refractivity contribution is -0.128. The highest BCUT2D eigenvalue weighted by Gasteiger charge is 2.50. The fourth-order valence-corrected chi connectivity index (χ4v) is 5.75. The number of ether oxygens (including phenoxy) is 2. The molecular weight excluding hydrogens is 370 g/mol. The largest absolute Gasteiger partial charge is 0.497 e. The fraction of sp³-hybridized carbons (Fsp3) is 0.545. The lowest BCUT2D eigenvalue weighted by Gasteiger charge is -2.32. The molecule has 2 aliphatic carbocycles. The topological polar surface area (TPSA) is 71.1 Å². The average molecular weight is 397 g/mol. The molecule has 4 atom stereocenters. The van der Waals surface area contributed by atoms with Crippen LogP contribution in [0.5, 0.6) is 11.5 Å². The maximum Gasteiger partial charge on any atom is 0.322 e. The van der Waals surface area contributed by atoms with E-state index < -0.39 is 6.04 Å². The van der Waals surface area contributed by atoms with E-state index in [9.17, 15) is 9.59 Å². The van der Waals surface area contributed by atoms with Crippen molar-refractivity contribution in [3.05, 3.63) is 35.0 Å². The Morgan fingerprint density at radius 1 is 1.10 bits per heavy atom. The highest BCUT2D eigenvalue weighted by Crippen LogP contribution is 2.49. The van der Waals surface area contributed by atoms with Crippen molar-refractivity contribution in [1.29, 1.82) is 0 Å². The molecule has 1 aromatic carbocycles. The Balaban J connectivity index is 1.54. The third-order valence-electron chi connectivity index (χ3n) is 7.24. The Bertz CT molecular complexity index is 911. The average Bonchev–Trinajstić information content (AvgIpc) is 3.45. The van der Waals surface area contributed by atoms with Gasteiger partial charge in [-0.15, -0.1) is 0 Å². The van der Waals surface area contributed by atoms with Crippen molar-refractivity contribution in [3.8, 4) is 11.5 Å². The highest BCUT2D eigenvalue weighted by molar-refractivity contribution is 6.01. The third-order valence-corrected chi connectivity index (χ3v) is 7.24. The summed E-state index contributed by atoms with van der Waals surface area (Å²) in [5.41, 5.74) is 2.20. The zero-order valence-corrected chi connectivity index (χ0v) is 17.1. The van der Waals surface area contributed by atoms with Gasteiger partial charge in [-0.3, -0.25) is 9.69 Å². The van der Waals surface area contributed by atoms with Crippen molar-refractivity contribution >= 4 is 11.9 Å². The van der Waals surface area contributed by atoms with Crippen LogP contribution in [0, 0.1) is 11.8 Å². The van der Waals surface area contributed by atoms with Crippen LogP contribution in [-0.2, 0) is 4.79 Å². The number of carbonyl (C=O) groups is 2. The summed E-state index contributed by atoms with van der Waals surface area (Å²) in [5.74, 6) is 2.68. The summed E-state index contributed by atoms with van der Waals surface area (Å²) in [6.45, 7) is 0.509. The van der Waals surface area contributed by atoms with Gasteiger partial charge in [0, 0.05) is 18.7 Å². The van der Waals surface area contributed by atoms with Gasteiger partial charge in [0.15, 0.2) is 0 Å². The molecule has 1 N–H and O–H groups in total. The number of benzene rings is 1. The highest BCUT2D eigenvalue weighted by atomic mass is 16.5. The van der Waals surface area contributed by atoms with Gasteiger partial charge in [0.25, 0.3) is 5.91 Å². The number of fused-ring (bicyclic) bond motifs is 2. The maximum atomic E-state index is 13.6. The molecule has 4 aliphatic rings. The number of nitrogens with one attached hydrogen (secondary N) is 1. The van der Waals surface area contributed by atoms with Gasteiger partial charge < -0.3 is 19.7 Å². The van der Waals surface area contributed by atoms with E-state index in [1.807, 2.05) is 23.1 Å². The summed E-state index contributed by atoms with van der Waals surface area (Å²) in [6.07, 6.45) is 4.83. The second-order valence-corrected chi connectivity index (χ2v) is 8.59. The first-order valence-electron chi connectivity index (χ1n) is 10.3. The Hall–Kier alpha value is -2.70.